The highest BCUT2D eigenvalue weighted by Gasteiger charge is 2.41. The Balaban J connectivity index is 2.26. The molecule has 3 nitrogen and oxygen atoms in total. The van der Waals surface area contributed by atoms with Gasteiger partial charge in [-0.05, 0) is 38.4 Å². The third-order valence-electron chi connectivity index (χ3n) is 4.14. The Morgan fingerprint density at radius 2 is 2.00 bits per heavy atom. The molecule has 0 spiro atoms. The van der Waals surface area contributed by atoms with Gasteiger partial charge in [0.2, 0.25) is 0 Å². The van der Waals surface area contributed by atoms with E-state index in [1.165, 1.54) is 25.7 Å². The van der Waals surface area contributed by atoms with Crippen LogP contribution in [0.25, 0.3) is 0 Å². The molecule has 0 aliphatic heterocycles. The summed E-state index contributed by atoms with van der Waals surface area (Å²) in [6, 6.07) is 4.21. The zero-order valence-corrected chi connectivity index (χ0v) is 12.3. The van der Waals surface area contributed by atoms with Gasteiger partial charge in [0, 0.05) is 6.61 Å². The van der Waals surface area contributed by atoms with Gasteiger partial charge in [-0.1, -0.05) is 32.6 Å². The van der Waals surface area contributed by atoms with Crippen molar-refractivity contribution in [3.8, 4) is 0 Å². The van der Waals surface area contributed by atoms with Crippen LogP contribution >= 0.6 is 0 Å². The van der Waals surface area contributed by atoms with Crippen LogP contribution < -0.4 is 5.32 Å². The van der Waals surface area contributed by atoms with Gasteiger partial charge in [-0.3, -0.25) is 0 Å². The molecular weight excluding hydrogens is 238 g/mol. The van der Waals surface area contributed by atoms with Crippen molar-refractivity contribution >= 4 is 0 Å². The summed E-state index contributed by atoms with van der Waals surface area (Å²) in [6.45, 7) is 5.94. The third kappa shape index (κ3) is 3.40. The van der Waals surface area contributed by atoms with Gasteiger partial charge in [0.05, 0.1) is 17.9 Å². The lowest BCUT2D eigenvalue weighted by Gasteiger charge is -2.39. The van der Waals surface area contributed by atoms with Crippen LogP contribution in [0.1, 0.15) is 64.2 Å². The van der Waals surface area contributed by atoms with Crippen molar-refractivity contribution in [2.45, 2.75) is 64.0 Å². The van der Waals surface area contributed by atoms with Crippen molar-refractivity contribution in [2.24, 2.45) is 0 Å². The minimum Gasteiger partial charge on any atom is -0.468 e. The molecule has 0 saturated heterocycles. The minimum atomic E-state index is -0.0981. The average molecular weight is 265 g/mol. The first kappa shape index (κ1) is 14.6. The van der Waals surface area contributed by atoms with E-state index in [9.17, 15) is 0 Å². The van der Waals surface area contributed by atoms with Crippen molar-refractivity contribution in [3.05, 3.63) is 24.2 Å². The number of nitrogens with one attached hydrogen (secondary N) is 1. The number of hydrogen-bond donors (Lipinski definition) is 1. The summed E-state index contributed by atoms with van der Waals surface area (Å²) < 4.78 is 11.9. The van der Waals surface area contributed by atoms with E-state index in [0.717, 1.165) is 31.8 Å². The lowest BCUT2D eigenvalue weighted by atomic mass is 9.84. The van der Waals surface area contributed by atoms with Crippen LogP contribution in [0.5, 0.6) is 0 Å². The van der Waals surface area contributed by atoms with Gasteiger partial charge in [0.1, 0.15) is 5.76 Å². The number of likely N-dealkylation sites (N-methyl/N-ethyl adjacent to an activating group) is 1. The van der Waals surface area contributed by atoms with Crippen LogP contribution in [-0.4, -0.2) is 18.8 Å². The van der Waals surface area contributed by atoms with Crippen molar-refractivity contribution in [2.75, 3.05) is 13.2 Å². The standard InChI is InChI=1S/C16H27NO2/c1-3-17-15(14-10-9-13-18-14)16(19-4-2)11-7-5-6-8-12-16/h9-10,13,15,17H,3-8,11-12H2,1-2H3. The van der Waals surface area contributed by atoms with E-state index >= 15 is 0 Å². The fraction of sp³-hybridized carbons (Fsp3) is 0.750. The van der Waals surface area contributed by atoms with E-state index in [2.05, 4.69) is 25.2 Å². The van der Waals surface area contributed by atoms with Crippen molar-refractivity contribution in [3.63, 3.8) is 0 Å². The van der Waals surface area contributed by atoms with E-state index in [0.29, 0.717) is 0 Å². The normalized spacial score (nSPS) is 20.9. The zero-order valence-electron chi connectivity index (χ0n) is 12.3. The Kier molecular flexibility index (Phi) is 5.46. The topological polar surface area (TPSA) is 34.4 Å². The molecule has 1 atom stereocenters. The molecule has 1 fully saturated rings. The summed E-state index contributed by atoms with van der Waals surface area (Å²) in [6.07, 6.45) is 9.16. The highest BCUT2D eigenvalue weighted by Crippen LogP contribution is 2.40. The van der Waals surface area contributed by atoms with Crippen molar-refractivity contribution in [1.29, 1.82) is 0 Å². The molecule has 1 aromatic heterocycles. The molecule has 0 aromatic carbocycles. The first-order valence-electron chi connectivity index (χ1n) is 7.73. The molecule has 2 rings (SSSR count). The van der Waals surface area contributed by atoms with E-state index in [4.69, 9.17) is 9.15 Å². The van der Waals surface area contributed by atoms with E-state index < -0.39 is 0 Å². The minimum absolute atomic E-state index is 0.0981. The fourth-order valence-electron chi connectivity index (χ4n) is 3.34. The fourth-order valence-corrected chi connectivity index (χ4v) is 3.34. The Morgan fingerprint density at radius 3 is 2.53 bits per heavy atom. The summed E-state index contributed by atoms with van der Waals surface area (Å²) in [5.41, 5.74) is -0.0981. The molecule has 3 heteroatoms. The molecular formula is C16H27NO2. The first-order chi connectivity index (χ1) is 9.32. The quantitative estimate of drug-likeness (QED) is 0.788. The van der Waals surface area contributed by atoms with Crippen LogP contribution in [0.4, 0.5) is 0 Å². The molecule has 0 bridgehead atoms. The van der Waals surface area contributed by atoms with Gasteiger partial charge in [-0.2, -0.15) is 0 Å². The van der Waals surface area contributed by atoms with Crippen molar-refractivity contribution < 1.29 is 9.15 Å². The average Bonchev–Trinajstić information content (AvgIpc) is 2.83. The number of ether oxygens (including phenoxy) is 1. The largest absolute Gasteiger partial charge is 0.468 e. The molecule has 1 saturated carbocycles. The first-order valence-corrected chi connectivity index (χ1v) is 7.73. The molecule has 1 aromatic rings. The molecule has 0 amide bonds. The van der Waals surface area contributed by atoms with Crippen LogP contribution in [0, 0.1) is 0 Å². The van der Waals surface area contributed by atoms with Gasteiger partial charge in [-0.15, -0.1) is 0 Å². The molecule has 1 unspecified atom stereocenters. The highest BCUT2D eigenvalue weighted by molar-refractivity contribution is 5.12. The summed E-state index contributed by atoms with van der Waals surface area (Å²) in [5, 5.41) is 3.59. The predicted molar refractivity (Wildman–Crippen MR) is 77.2 cm³/mol. The lowest BCUT2D eigenvalue weighted by molar-refractivity contribution is -0.0820. The van der Waals surface area contributed by atoms with E-state index in [1.54, 1.807) is 6.26 Å². The SMILES string of the molecule is CCNC(c1ccco1)C1(OCC)CCCCCC1. The van der Waals surface area contributed by atoms with Crippen LogP contribution in [0.2, 0.25) is 0 Å². The maximum Gasteiger partial charge on any atom is 0.123 e. The third-order valence-corrected chi connectivity index (χ3v) is 4.14. The van der Waals surface area contributed by atoms with E-state index in [-0.39, 0.29) is 11.6 Å². The Bertz CT molecular complexity index is 340. The molecule has 1 aliphatic rings. The Labute approximate surface area is 116 Å². The summed E-state index contributed by atoms with van der Waals surface area (Å²) >= 11 is 0. The maximum atomic E-state index is 6.27. The number of hydrogen-bond acceptors (Lipinski definition) is 3. The molecule has 1 heterocycles. The second-order valence-corrected chi connectivity index (χ2v) is 5.42. The molecule has 0 radical (unpaired) electrons. The smallest absolute Gasteiger partial charge is 0.123 e. The van der Waals surface area contributed by atoms with Gasteiger partial charge in [0.25, 0.3) is 0 Å². The van der Waals surface area contributed by atoms with Crippen LogP contribution in [0.3, 0.4) is 0 Å². The van der Waals surface area contributed by atoms with Gasteiger partial charge < -0.3 is 14.5 Å². The Morgan fingerprint density at radius 1 is 1.26 bits per heavy atom. The van der Waals surface area contributed by atoms with Crippen LogP contribution in [-0.2, 0) is 4.74 Å². The molecule has 1 N–H and O–H groups in total. The molecule has 1 aliphatic carbocycles. The highest BCUT2D eigenvalue weighted by atomic mass is 16.5. The summed E-state index contributed by atoms with van der Waals surface area (Å²) in [4.78, 5) is 0. The predicted octanol–water partition coefficient (Wildman–Crippen LogP) is 4.06. The van der Waals surface area contributed by atoms with Crippen LogP contribution in [0.15, 0.2) is 22.8 Å². The monoisotopic (exact) mass is 265 g/mol. The van der Waals surface area contributed by atoms with Gasteiger partial charge in [0.15, 0.2) is 0 Å². The zero-order chi connectivity index (χ0) is 13.6. The maximum absolute atomic E-state index is 6.27. The van der Waals surface area contributed by atoms with Gasteiger partial charge in [-0.25, -0.2) is 0 Å². The van der Waals surface area contributed by atoms with Gasteiger partial charge >= 0.3 is 0 Å². The molecule has 108 valence electrons. The molecule has 19 heavy (non-hydrogen) atoms. The van der Waals surface area contributed by atoms with E-state index in [1.807, 2.05) is 6.07 Å². The number of rotatable bonds is 6. The summed E-state index contributed by atoms with van der Waals surface area (Å²) in [5.74, 6) is 1.01. The second-order valence-electron chi connectivity index (χ2n) is 5.42. The Hall–Kier alpha value is -0.800. The van der Waals surface area contributed by atoms with Crippen molar-refractivity contribution in [1.82, 2.24) is 5.32 Å². The second kappa shape index (κ2) is 7.11. The summed E-state index contributed by atoms with van der Waals surface area (Å²) in [7, 11) is 0. The number of furan rings is 1. The lowest BCUT2D eigenvalue weighted by Crippen LogP contribution is -2.46.